The molecular weight excluding hydrogens is 250 g/mol. The van der Waals surface area contributed by atoms with Gasteiger partial charge in [0.25, 0.3) is 0 Å². The number of pyridine rings is 1. The molecule has 1 aliphatic rings. The van der Waals surface area contributed by atoms with Crippen molar-refractivity contribution in [2.45, 2.75) is 26.8 Å². The predicted octanol–water partition coefficient (Wildman–Crippen LogP) is 2.18. The van der Waals surface area contributed by atoms with Crippen molar-refractivity contribution in [1.82, 2.24) is 15.6 Å². The first-order chi connectivity index (χ1) is 9.61. The van der Waals surface area contributed by atoms with Crippen molar-refractivity contribution in [1.29, 1.82) is 5.26 Å². The second-order valence-corrected chi connectivity index (χ2v) is 4.74. The summed E-state index contributed by atoms with van der Waals surface area (Å²) in [5.74, 6) is 0.643. The number of aromatic nitrogens is 1. The van der Waals surface area contributed by atoms with Crippen LogP contribution < -0.4 is 10.6 Å². The topological polar surface area (TPSA) is 73.1 Å². The third-order valence-electron chi connectivity index (χ3n) is 2.73. The van der Waals surface area contributed by atoms with Crippen LogP contribution in [0.4, 0.5) is 0 Å². The van der Waals surface area contributed by atoms with E-state index in [2.05, 4.69) is 26.7 Å². The summed E-state index contributed by atoms with van der Waals surface area (Å²) in [7, 11) is 0. The molecule has 0 radical (unpaired) electrons. The van der Waals surface area contributed by atoms with E-state index in [1.165, 1.54) is 0 Å². The van der Waals surface area contributed by atoms with E-state index in [0.29, 0.717) is 17.2 Å². The number of aliphatic imine (C=N–C) groups is 1. The quantitative estimate of drug-likeness (QED) is 0.805. The van der Waals surface area contributed by atoms with Crippen LogP contribution in [0.25, 0.3) is 5.57 Å². The fraction of sp³-hybridized carbons (Fsp3) is 0.267. The van der Waals surface area contributed by atoms with Gasteiger partial charge in [0.15, 0.2) is 5.96 Å². The van der Waals surface area contributed by atoms with Crippen molar-refractivity contribution in [2.75, 3.05) is 0 Å². The van der Waals surface area contributed by atoms with Gasteiger partial charge >= 0.3 is 0 Å². The summed E-state index contributed by atoms with van der Waals surface area (Å²) in [6, 6.07) is 7.90. The summed E-state index contributed by atoms with van der Waals surface area (Å²) < 4.78 is 0. The smallest absolute Gasteiger partial charge is 0.200 e. The van der Waals surface area contributed by atoms with Gasteiger partial charge in [-0.2, -0.15) is 5.26 Å². The lowest BCUT2D eigenvalue weighted by molar-refractivity contribution is 0.809. The Hall–Kier alpha value is -2.61. The molecule has 0 spiro atoms. The third-order valence-corrected chi connectivity index (χ3v) is 2.73. The van der Waals surface area contributed by atoms with Crippen molar-refractivity contribution in [3.05, 3.63) is 47.6 Å². The van der Waals surface area contributed by atoms with Crippen LogP contribution in [0.5, 0.6) is 0 Å². The van der Waals surface area contributed by atoms with Crippen LogP contribution in [0, 0.1) is 11.3 Å². The SMILES string of the molecule is CC1=CNC(=NC(C)C)NC1=C(C#N)c1ccccn1. The van der Waals surface area contributed by atoms with Gasteiger partial charge in [-0.3, -0.25) is 4.98 Å². The number of hydrogen-bond donors (Lipinski definition) is 2. The molecule has 2 N–H and O–H groups in total. The fourth-order valence-electron chi connectivity index (χ4n) is 1.84. The fourth-order valence-corrected chi connectivity index (χ4v) is 1.84. The van der Waals surface area contributed by atoms with Gasteiger partial charge in [0.05, 0.1) is 11.4 Å². The van der Waals surface area contributed by atoms with Crippen molar-refractivity contribution < 1.29 is 0 Å². The largest absolute Gasteiger partial charge is 0.332 e. The lowest BCUT2D eigenvalue weighted by atomic mass is 10.1. The Morgan fingerprint density at radius 1 is 1.40 bits per heavy atom. The van der Waals surface area contributed by atoms with Gasteiger partial charge in [0, 0.05) is 18.4 Å². The first-order valence-corrected chi connectivity index (χ1v) is 6.46. The standard InChI is InChI=1S/C15H17N5/c1-10(2)19-15-18-9-11(3)14(20-15)12(8-16)13-6-4-5-7-17-13/h4-7,9-10H,1-3H3,(H2,18,19,20). The zero-order chi connectivity index (χ0) is 14.5. The first-order valence-electron chi connectivity index (χ1n) is 6.46. The first kappa shape index (κ1) is 13.8. The molecule has 20 heavy (non-hydrogen) atoms. The lowest BCUT2D eigenvalue weighted by Crippen LogP contribution is -2.39. The summed E-state index contributed by atoms with van der Waals surface area (Å²) in [5, 5.41) is 15.7. The lowest BCUT2D eigenvalue weighted by Gasteiger charge is -2.21. The minimum Gasteiger partial charge on any atom is -0.332 e. The third kappa shape index (κ3) is 3.04. The number of guanidine groups is 1. The molecule has 0 atom stereocenters. The molecule has 1 aromatic heterocycles. The number of rotatable bonds is 2. The Morgan fingerprint density at radius 3 is 2.80 bits per heavy atom. The van der Waals surface area contributed by atoms with E-state index in [1.807, 2.05) is 45.2 Å². The predicted molar refractivity (Wildman–Crippen MR) is 79.4 cm³/mol. The van der Waals surface area contributed by atoms with Crippen LogP contribution in [-0.2, 0) is 0 Å². The molecule has 0 aromatic carbocycles. The highest BCUT2D eigenvalue weighted by Crippen LogP contribution is 2.21. The molecule has 1 aromatic rings. The highest BCUT2D eigenvalue weighted by atomic mass is 15.2. The summed E-state index contributed by atoms with van der Waals surface area (Å²) in [4.78, 5) is 8.65. The second-order valence-electron chi connectivity index (χ2n) is 4.74. The number of nitriles is 1. The number of allylic oxidation sites excluding steroid dienone is 2. The molecule has 0 amide bonds. The molecule has 0 saturated heterocycles. The van der Waals surface area contributed by atoms with Crippen LogP contribution in [-0.4, -0.2) is 17.0 Å². The van der Waals surface area contributed by atoms with Crippen LogP contribution in [0.2, 0.25) is 0 Å². The van der Waals surface area contributed by atoms with E-state index in [4.69, 9.17) is 0 Å². The Bertz CT molecular complexity index is 617. The number of nitrogens with one attached hydrogen (secondary N) is 2. The van der Waals surface area contributed by atoms with E-state index in [0.717, 1.165) is 11.3 Å². The van der Waals surface area contributed by atoms with E-state index >= 15 is 0 Å². The molecule has 5 heteroatoms. The van der Waals surface area contributed by atoms with Crippen LogP contribution in [0.15, 0.2) is 46.9 Å². The monoisotopic (exact) mass is 267 g/mol. The molecule has 102 valence electrons. The van der Waals surface area contributed by atoms with E-state index < -0.39 is 0 Å². The van der Waals surface area contributed by atoms with Crippen LogP contribution >= 0.6 is 0 Å². The Balaban J connectivity index is 2.47. The molecule has 0 aliphatic carbocycles. The molecule has 0 unspecified atom stereocenters. The average molecular weight is 267 g/mol. The molecular formula is C15H17N5. The van der Waals surface area contributed by atoms with Gasteiger partial charge < -0.3 is 10.6 Å². The summed E-state index contributed by atoms with van der Waals surface area (Å²) >= 11 is 0. The van der Waals surface area contributed by atoms with Gasteiger partial charge in [0.2, 0.25) is 0 Å². The van der Waals surface area contributed by atoms with Crippen molar-refractivity contribution in [2.24, 2.45) is 4.99 Å². The second kappa shape index (κ2) is 6.02. The summed E-state index contributed by atoms with van der Waals surface area (Å²) in [6.07, 6.45) is 3.52. The molecule has 0 bridgehead atoms. The van der Waals surface area contributed by atoms with Crippen molar-refractivity contribution in [3.8, 4) is 6.07 Å². The van der Waals surface area contributed by atoms with Gasteiger partial charge in [-0.15, -0.1) is 0 Å². The van der Waals surface area contributed by atoms with Gasteiger partial charge in [-0.05, 0) is 38.5 Å². The van der Waals surface area contributed by atoms with Crippen LogP contribution in [0.1, 0.15) is 26.5 Å². The molecule has 5 nitrogen and oxygen atoms in total. The maximum absolute atomic E-state index is 9.44. The minimum atomic E-state index is 0.165. The Kier molecular flexibility index (Phi) is 4.16. The summed E-state index contributed by atoms with van der Waals surface area (Å²) in [5.41, 5.74) is 2.84. The van der Waals surface area contributed by atoms with Crippen molar-refractivity contribution in [3.63, 3.8) is 0 Å². The molecule has 0 saturated carbocycles. The molecule has 2 heterocycles. The highest BCUT2D eigenvalue weighted by Gasteiger charge is 2.17. The zero-order valence-electron chi connectivity index (χ0n) is 11.8. The maximum atomic E-state index is 9.44. The molecule has 0 fully saturated rings. The van der Waals surface area contributed by atoms with Gasteiger partial charge in [0.1, 0.15) is 11.6 Å². The minimum absolute atomic E-state index is 0.165. The van der Waals surface area contributed by atoms with E-state index in [-0.39, 0.29) is 6.04 Å². The Labute approximate surface area is 118 Å². The molecule has 1 aliphatic heterocycles. The Morgan fingerprint density at radius 2 is 2.20 bits per heavy atom. The maximum Gasteiger partial charge on any atom is 0.200 e. The van der Waals surface area contributed by atoms with Crippen molar-refractivity contribution >= 4 is 11.5 Å². The highest BCUT2D eigenvalue weighted by molar-refractivity contribution is 5.90. The van der Waals surface area contributed by atoms with E-state index in [9.17, 15) is 5.26 Å². The summed E-state index contributed by atoms with van der Waals surface area (Å²) in [6.45, 7) is 5.92. The van der Waals surface area contributed by atoms with Crippen LogP contribution in [0.3, 0.4) is 0 Å². The number of hydrogen-bond acceptors (Lipinski definition) is 3. The normalized spacial score (nSPS) is 18.9. The average Bonchev–Trinajstić information content (AvgIpc) is 2.44. The zero-order valence-corrected chi connectivity index (χ0v) is 11.8. The van der Waals surface area contributed by atoms with E-state index in [1.54, 1.807) is 6.20 Å². The van der Waals surface area contributed by atoms with Gasteiger partial charge in [-0.1, -0.05) is 6.07 Å². The molecule has 2 rings (SSSR count). The van der Waals surface area contributed by atoms with Gasteiger partial charge in [-0.25, -0.2) is 4.99 Å². The number of nitrogens with zero attached hydrogens (tertiary/aromatic N) is 3.